The number of halogens is 2. The molecule has 4 nitrogen and oxygen atoms in total. The molecule has 1 amide bonds. The number of carbonyl (C=O) groups is 1. The van der Waals surface area contributed by atoms with Gasteiger partial charge in [0.25, 0.3) is 0 Å². The van der Waals surface area contributed by atoms with Gasteiger partial charge in [-0.1, -0.05) is 22.9 Å². The van der Waals surface area contributed by atoms with Crippen LogP contribution in [0.15, 0.2) is 26.2 Å². The molecule has 0 heterocycles. The summed E-state index contributed by atoms with van der Waals surface area (Å²) >= 11 is 6.85. The number of hydrogen-bond acceptors (Lipinski definition) is 3. The van der Waals surface area contributed by atoms with E-state index >= 15 is 0 Å². The molecule has 1 rings (SSSR count). The Morgan fingerprint density at radius 3 is 2.83 bits per heavy atom. The molecule has 18 heavy (non-hydrogen) atoms. The fourth-order valence-corrected chi connectivity index (χ4v) is 2.60. The third-order valence-electron chi connectivity index (χ3n) is 1.91. The Balaban J connectivity index is 2.99. The second kappa shape index (κ2) is 7.53. The van der Waals surface area contributed by atoms with Gasteiger partial charge in [0.15, 0.2) is 0 Å². The van der Waals surface area contributed by atoms with E-state index in [2.05, 4.69) is 42.4 Å². The lowest BCUT2D eigenvalue weighted by Gasteiger charge is -2.10. The Bertz CT molecular complexity index is 462. The van der Waals surface area contributed by atoms with Crippen LogP contribution in [-0.4, -0.2) is 18.7 Å². The van der Waals surface area contributed by atoms with Crippen molar-refractivity contribution in [1.29, 1.82) is 0 Å². The van der Waals surface area contributed by atoms with Crippen molar-refractivity contribution in [3.63, 3.8) is 0 Å². The summed E-state index contributed by atoms with van der Waals surface area (Å²) in [5, 5.41) is 3.85. The van der Waals surface area contributed by atoms with Crippen molar-refractivity contribution in [2.75, 3.05) is 6.61 Å². The third kappa shape index (κ3) is 4.78. The number of hydrazone groups is 1. The average molecular weight is 378 g/mol. The van der Waals surface area contributed by atoms with Crippen LogP contribution in [0.5, 0.6) is 5.75 Å². The van der Waals surface area contributed by atoms with Crippen LogP contribution in [0.4, 0.5) is 0 Å². The van der Waals surface area contributed by atoms with Crippen LogP contribution in [0, 0.1) is 0 Å². The van der Waals surface area contributed by atoms with E-state index in [9.17, 15) is 4.79 Å². The molecule has 1 N–H and O–H groups in total. The minimum Gasteiger partial charge on any atom is -0.492 e. The first-order valence-electron chi connectivity index (χ1n) is 5.46. The summed E-state index contributed by atoms with van der Waals surface area (Å²) in [6, 6.07) is 3.78. The van der Waals surface area contributed by atoms with Gasteiger partial charge in [-0.05, 0) is 34.5 Å². The second-order valence-electron chi connectivity index (χ2n) is 3.58. The quantitative estimate of drug-likeness (QED) is 0.630. The lowest BCUT2D eigenvalue weighted by molar-refractivity contribution is -0.118. The van der Waals surface area contributed by atoms with Gasteiger partial charge < -0.3 is 4.74 Å². The standard InChI is InChI=1S/C12H14Br2N2O2/c1-3-4-18-12-9(7-15-16-8(2)17)5-10(13)6-11(12)14/h5-7H,3-4H2,1-2H3,(H,16,17)/b15-7-. The highest BCUT2D eigenvalue weighted by Crippen LogP contribution is 2.32. The molecule has 0 aliphatic heterocycles. The van der Waals surface area contributed by atoms with Crippen LogP contribution in [0.1, 0.15) is 25.8 Å². The maximum atomic E-state index is 10.8. The van der Waals surface area contributed by atoms with Gasteiger partial charge in [0.05, 0.1) is 17.3 Å². The van der Waals surface area contributed by atoms with E-state index in [-0.39, 0.29) is 5.91 Å². The summed E-state index contributed by atoms with van der Waals surface area (Å²) in [4.78, 5) is 10.8. The van der Waals surface area contributed by atoms with Gasteiger partial charge in [-0.25, -0.2) is 5.43 Å². The van der Waals surface area contributed by atoms with Crippen molar-refractivity contribution in [2.45, 2.75) is 20.3 Å². The summed E-state index contributed by atoms with van der Waals surface area (Å²) in [7, 11) is 0. The van der Waals surface area contributed by atoms with Crippen LogP contribution >= 0.6 is 31.9 Å². The Labute approximate surface area is 123 Å². The zero-order valence-corrected chi connectivity index (χ0v) is 13.3. The van der Waals surface area contributed by atoms with Crippen molar-refractivity contribution in [3.05, 3.63) is 26.6 Å². The molecule has 0 bridgehead atoms. The molecule has 0 aliphatic rings. The van der Waals surface area contributed by atoms with Gasteiger partial charge in [0.2, 0.25) is 5.91 Å². The van der Waals surface area contributed by atoms with E-state index in [1.54, 1.807) is 6.21 Å². The van der Waals surface area contributed by atoms with E-state index in [0.29, 0.717) is 12.4 Å². The molecule has 0 spiro atoms. The predicted octanol–water partition coefficient (Wildman–Crippen LogP) is 3.47. The molecule has 0 atom stereocenters. The first kappa shape index (κ1) is 15.2. The smallest absolute Gasteiger partial charge is 0.236 e. The molecule has 0 unspecified atom stereocenters. The van der Waals surface area contributed by atoms with Crippen molar-refractivity contribution in [2.24, 2.45) is 5.10 Å². The Morgan fingerprint density at radius 2 is 2.22 bits per heavy atom. The van der Waals surface area contributed by atoms with Crippen LogP contribution in [-0.2, 0) is 4.79 Å². The van der Waals surface area contributed by atoms with Gasteiger partial charge in [0.1, 0.15) is 5.75 Å². The highest BCUT2D eigenvalue weighted by molar-refractivity contribution is 9.11. The highest BCUT2D eigenvalue weighted by atomic mass is 79.9. The fourth-order valence-electron chi connectivity index (χ4n) is 1.23. The number of benzene rings is 1. The number of nitrogens with one attached hydrogen (secondary N) is 1. The Morgan fingerprint density at radius 1 is 1.50 bits per heavy atom. The molecule has 98 valence electrons. The van der Waals surface area contributed by atoms with Crippen molar-refractivity contribution >= 4 is 44.0 Å². The number of nitrogens with zero attached hydrogens (tertiary/aromatic N) is 1. The van der Waals surface area contributed by atoms with Gasteiger partial charge in [-0.3, -0.25) is 4.79 Å². The summed E-state index contributed by atoms with van der Waals surface area (Å²) in [5.74, 6) is 0.505. The highest BCUT2D eigenvalue weighted by Gasteiger charge is 2.08. The maximum absolute atomic E-state index is 10.8. The van der Waals surface area contributed by atoms with Crippen LogP contribution in [0.3, 0.4) is 0 Å². The summed E-state index contributed by atoms with van der Waals surface area (Å²) in [6.07, 6.45) is 2.48. The molecule has 0 aliphatic carbocycles. The first-order chi connectivity index (χ1) is 8.54. The predicted molar refractivity (Wildman–Crippen MR) is 79.0 cm³/mol. The Kier molecular flexibility index (Phi) is 6.35. The average Bonchev–Trinajstić information content (AvgIpc) is 2.27. The zero-order chi connectivity index (χ0) is 13.5. The molecule has 0 aromatic heterocycles. The SMILES string of the molecule is CCCOc1c(Br)cc(Br)cc1/C=N\NC(C)=O. The van der Waals surface area contributed by atoms with Gasteiger partial charge in [-0.15, -0.1) is 0 Å². The van der Waals surface area contributed by atoms with E-state index in [0.717, 1.165) is 20.9 Å². The van der Waals surface area contributed by atoms with Crippen LogP contribution in [0.2, 0.25) is 0 Å². The molecule has 0 saturated heterocycles. The van der Waals surface area contributed by atoms with E-state index in [1.807, 2.05) is 19.1 Å². The Hall–Kier alpha value is -0.880. The molecule has 0 fully saturated rings. The molecular weight excluding hydrogens is 364 g/mol. The topological polar surface area (TPSA) is 50.7 Å². The molecule has 6 heteroatoms. The van der Waals surface area contributed by atoms with Crippen LogP contribution in [0.25, 0.3) is 0 Å². The molecular formula is C12H14Br2N2O2. The van der Waals surface area contributed by atoms with Crippen molar-refractivity contribution in [3.8, 4) is 5.75 Å². The van der Waals surface area contributed by atoms with Gasteiger partial charge in [-0.2, -0.15) is 5.10 Å². The van der Waals surface area contributed by atoms with Gasteiger partial charge >= 0.3 is 0 Å². The molecule has 1 aromatic carbocycles. The van der Waals surface area contributed by atoms with Crippen molar-refractivity contribution in [1.82, 2.24) is 5.43 Å². The molecule has 1 aromatic rings. The third-order valence-corrected chi connectivity index (χ3v) is 2.96. The normalized spacial score (nSPS) is 10.7. The molecule has 0 saturated carbocycles. The number of carbonyl (C=O) groups excluding carboxylic acids is 1. The number of ether oxygens (including phenoxy) is 1. The minimum absolute atomic E-state index is 0.212. The van der Waals surface area contributed by atoms with Crippen LogP contribution < -0.4 is 10.2 Å². The monoisotopic (exact) mass is 376 g/mol. The summed E-state index contributed by atoms with van der Waals surface area (Å²) in [6.45, 7) is 4.07. The minimum atomic E-state index is -0.212. The first-order valence-corrected chi connectivity index (χ1v) is 7.04. The lowest BCUT2D eigenvalue weighted by atomic mass is 10.2. The van der Waals surface area contributed by atoms with E-state index < -0.39 is 0 Å². The number of amides is 1. The van der Waals surface area contributed by atoms with E-state index in [1.165, 1.54) is 6.92 Å². The van der Waals surface area contributed by atoms with E-state index in [4.69, 9.17) is 4.74 Å². The van der Waals surface area contributed by atoms with Gasteiger partial charge in [0, 0.05) is 17.0 Å². The maximum Gasteiger partial charge on any atom is 0.236 e. The summed E-state index contributed by atoms with van der Waals surface area (Å²) < 4.78 is 7.41. The zero-order valence-electron chi connectivity index (χ0n) is 10.2. The fraction of sp³-hybridized carbons (Fsp3) is 0.333. The largest absolute Gasteiger partial charge is 0.492 e. The lowest BCUT2D eigenvalue weighted by Crippen LogP contribution is -2.12. The summed E-state index contributed by atoms with van der Waals surface area (Å²) in [5.41, 5.74) is 3.15. The number of hydrogen-bond donors (Lipinski definition) is 1. The molecule has 0 radical (unpaired) electrons. The van der Waals surface area contributed by atoms with Crippen molar-refractivity contribution < 1.29 is 9.53 Å². The number of rotatable bonds is 5. The second-order valence-corrected chi connectivity index (χ2v) is 5.35.